The molecule has 2 aromatic rings. The Morgan fingerprint density at radius 3 is 2.90 bits per heavy atom. The molecule has 0 spiro atoms. The van der Waals surface area contributed by atoms with Crippen LogP contribution < -0.4 is 5.32 Å². The van der Waals surface area contributed by atoms with Crippen molar-refractivity contribution < 1.29 is 4.74 Å². The van der Waals surface area contributed by atoms with E-state index >= 15 is 0 Å². The SMILES string of the molecule is CCNC(=NCc1ccn(C2CCCC2)n1)N1CCOC(c2cnn(C)c2)C1.I. The van der Waals surface area contributed by atoms with E-state index in [4.69, 9.17) is 14.8 Å². The molecule has 0 radical (unpaired) electrons. The summed E-state index contributed by atoms with van der Waals surface area (Å²) in [5.74, 6) is 0.926. The van der Waals surface area contributed by atoms with E-state index in [9.17, 15) is 0 Å². The van der Waals surface area contributed by atoms with Crippen LogP contribution in [0.5, 0.6) is 0 Å². The van der Waals surface area contributed by atoms with E-state index in [2.05, 4.69) is 39.2 Å². The van der Waals surface area contributed by atoms with Crippen LogP contribution in [0.2, 0.25) is 0 Å². The van der Waals surface area contributed by atoms with Gasteiger partial charge in [-0.1, -0.05) is 12.8 Å². The maximum atomic E-state index is 5.97. The predicted octanol–water partition coefficient (Wildman–Crippen LogP) is 2.89. The van der Waals surface area contributed by atoms with Crippen LogP contribution in [-0.2, 0) is 18.3 Å². The minimum absolute atomic E-state index is 0. The fourth-order valence-electron chi connectivity index (χ4n) is 4.07. The summed E-state index contributed by atoms with van der Waals surface area (Å²) in [5.41, 5.74) is 2.14. The molecule has 4 rings (SSSR count). The molecule has 1 saturated heterocycles. The fraction of sp³-hybridized carbons (Fsp3) is 0.650. The normalized spacial score (nSPS) is 20.7. The quantitative estimate of drug-likeness (QED) is 0.378. The van der Waals surface area contributed by atoms with Crippen molar-refractivity contribution in [3.8, 4) is 0 Å². The largest absolute Gasteiger partial charge is 0.370 e. The Bertz CT molecular complexity index is 796. The molecular formula is C20H32IN7O. The van der Waals surface area contributed by atoms with Crippen molar-refractivity contribution in [1.29, 1.82) is 0 Å². The lowest BCUT2D eigenvalue weighted by molar-refractivity contribution is -0.00805. The van der Waals surface area contributed by atoms with Gasteiger partial charge < -0.3 is 15.0 Å². The van der Waals surface area contributed by atoms with Crippen molar-refractivity contribution in [1.82, 2.24) is 29.8 Å². The minimum atomic E-state index is 0. The standard InChI is InChI=1S/C20H31N7O.HI/c1-3-21-20(22-13-17-8-9-27(24-17)18-6-4-5-7-18)26-10-11-28-19(15-26)16-12-23-25(2)14-16;/h8-9,12,14,18-19H,3-7,10-11,13,15H2,1-2H3,(H,21,22);1H. The molecule has 0 amide bonds. The number of aryl methyl sites for hydroxylation is 1. The zero-order valence-electron chi connectivity index (χ0n) is 17.3. The molecule has 1 N–H and O–H groups in total. The molecule has 0 bridgehead atoms. The molecule has 160 valence electrons. The maximum absolute atomic E-state index is 5.97. The highest BCUT2D eigenvalue weighted by Crippen LogP contribution is 2.28. The van der Waals surface area contributed by atoms with Crippen molar-refractivity contribution in [3.05, 3.63) is 35.9 Å². The predicted molar refractivity (Wildman–Crippen MR) is 123 cm³/mol. The lowest BCUT2D eigenvalue weighted by Crippen LogP contribution is -2.48. The number of nitrogens with zero attached hydrogens (tertiary/aromatic N) is 6. The number of morpholine rings is 1. The molecule has 8 nitrogen and oxygen atoms in total. The highest BCUT2D eigenvalue weighted by Gasteiger charge is 2.25. The van der Waals surface area contributed by atoms with Gasteiger partial charge in [-0.3, -0.25) is 9.36 Å². The van der Waals surface area contributed by atoms with Gasteiger partial charge in [-0.2, -0.15) is 10.2 Å². The van der Waals surface area contributed by atoms with Crippen LogP contribution in [0.25, 0.3) is 0 Å². The van der Waals surface area contributed by atoms with Gasteiger partial charge in [0, 0.05) is 38.1 Å². The summed E-state index contributed by atoms with van der Waals surface area (Å²) in [6.07, 6.45) is 11.2. The van der Waals surface area contributed by atoms with Crippen molar-refractivity contribution in [2.75, 3.05) is 26.2 Å². The van der Waals surface area contributed by atoms with Crippen LogP contribution in [0, 0.1) is 0 Å². The molecule has 3 heterocycles. The Kier molecular flexibility index (Phi) is 7.93. The number of halogens is 1. The topological polar surface area (TPSA) is 72.5 Å². The van der Waals surface area contributed by atoms with Crippen molar-refractivity contribution in [2.45, 2.75) is 51.3 Å². The Hall–Kier alpha value is -1.62. The van der Waals surface area contributed by atoms with E-state index in [0.717, 1.165) is 36.9 Å². The molecule has 1 saturated carbocycles. The van der Waals surface area contributed by atoms with Gasteiger partial charge in [0.15, 0.2) is 5.96 Å². The lowest BCUT2D eigenvalue weighted by atomic mass is 10.1. The van der Waals surface area contributed by atoms with Gasteiger partial charge in [0.25, 0.3) is 0 Å². The number of guanidine groups is 1. The Balaban J connectivity index is 0.00000240. The highest BCUT2D eigenvalue weighted by atomic mass is 127. The molecule has 9 heteroatoms. The third-order valence-electron chi connectivity index (χ3n) is 5.55. The highest BCUT2D eigenvalue weighted by molar-refractivity contribution is 14.0. The summed E-state index contributed by atoms with van der Waals surface area (Å²) >= 11 is 0. The molecule has 2 aliphatic rings. The first-order valence-electron chi connectivity index (χ1n) is 10.4. The Morgan fingerprint density at radius 1 is 1.34 bits per heavy atom. The fourth-order valence-corrected chi connectivity index (χ4v) is 4.07. The molecule has 1 aliphatic carbocycles. The zero-order valence-corrected chi connectivity index (χ0v) is 19.7. The molecule has 1 atom stereocenters. The van der Waals surface area contributed by atoms with Crippen LogP contribution in [0.4, 0.5) is 0 Å². The molecule has 0 aromatic carbocycles. The second-order valence-electron chi connectivity index (χ2n) is 7.65. The summed E-state index contributed by atoms with van der Waals surface area (Å²) in [5, 5.41) is 12.5. The van der Waals surface area contributed by atoms with Gasteiger partial charge >= 0.3 is 0 Å². The number of aliphatic imine (C=N–C) groups is 1. The van der Waals surface area contributed by atoms with E-state index in [0.29, 0.717) is 19.2 Å². The van der Waals surface area contributed by atoms with Gasteiger partial charge in [-0.25, -0.2) is 4.99 Å². The van der Waals surface area contributed by atoms with Crippen LogP contribution >= 0.6 is 24.0 Å². The van der Waals surface area contributed by atoms with Crippen molar-refractivity contribution in [2.24, 2.45) is 12.0 Å². The van der Waals surface area contributed by atoms with E-state index in [-0.39, 0.29) is 30.1 Å². The Labute approximate surface area is 189 Å². The number of nitrogens with one attached hydrogen (secondary N) is 1. The first kappa shape index (κ1) is 22.1. The molecule has 2 fully saturated rings. The number of hydrogen-bond donors (Lipinski definition) is 1. The molecule has 1 aliphatic heterocycles. The third-order valence-corrected chi connectivity index (χ3v) is 5.55. The third kappa shape index (κ3) is 5.50. The van der Waals surface area contributed by atoms with Gasteiger partial charge in [-0.05, 0) is 25.8 Å². The lowest BCUT2D eigenvalue weighted by Gasteiger charge is -2.34. The monoisotopic (exact) mass is 513 g/mol. The van der Waals surface area contributed by atoms with Crippen molar-refractivity contribution in [3.63, 3.8) is 0 Å². The molecule has 29 heavy (non-hydrogen) atoms. The first-order valence-corrected chi connectivity index (χ1v) is 10.4. The average molecular weight is 513 g/mol. The van der Waals surface area contributed by atoms with E-state index in [1.807, 2.05) is 24.1 Å². The summed E-state index contributed by atoms with van der Waals surface area (Å²) < 4.78 is 9.92. The van der Waals surface area contributed by atoms with E-state index in [1.165, 1.54) is 25.7 Å². The second-order valence-corrected chi connectivity index (χ2v) is 7.65. The Morgan fingerprint density at radius 2 is 2.17 bits per heavy atom. The average Bonchev–Trinajstić information content (AvgIpc) is 3.46. The smallest absolute Gasteiger partial charge is 0.194 e. The van der Waals surface area contributed by atoms with Crippen molar-refractivity contribution >= 4 is 29.9 Å². The summed E-state index contributed by atoms with van der Waals surface area (Å²) in [6.45, 7) is 5.82. The molecule has 1 unspecified atom stereocenters. The maximum Gasteiger partial charge on any atom is 0.194 e. The summed E-state index contributed by atoms with van der Waals surface area (Å²) in [7, 11) is 1.93. The minimum Gasteiger partial charge on any atom is -0.370 e. The molecular weight excluding hydrogens is 481 g/mol. The number of aromatic nitrogens is 4. The van der Waals surface area contributed by atoms with Crippen LogP contribution in [-0.4, -0.2) is 56.7 Å². The van der Waals surface area contributed by atoms with Gasteiger partial charge in [-0.15, -0.1) is 24.0 Å². The second kappa shape index (κ2) is 10.4. The number of hydrogen-bond acceptors (Lipinski definition) is 4. The zero-order chi connectivity index (χ0) is 19.3. The summed E-state index contributed by atoms with van der Waals surface area (Å²) in [4.78, 5) is 7.14. The van der Waals surface area contributed by atoms with E-state index < -0.39 is 0 Å². The van der Waals surface area contributed by atoms with Crippen LogP contribution in [0.15, 0.2) is 29.6 Å². The number of rotatable bonds is 5. The van der Waals surface area contributed by atoms with Crippen LogP contribution in [0.1, 0.15) is 56.0 Å². The van der Waals surface area contributed by atoms with Gasteiger partial charge in [0.1, 0.15) is 6.10 Å². The summed E-state index contributed by atoms with van der Waals surface area (Å²) in [6, 6.07) is 2.67. The van der Waals surface area contributed by atoms with Crippen LogP contribution in [0.3, 0.4) is 0 Å². The molecule has 2 aromatic heterocycles. The van der Waals surface area contributed by atoms with Gasteiger partial charge in [0.2, 0.25) is 0 Å². The van der Waals surface area contributed by atoms with E-state index in [1.54, 1.807) is 0 Å². The number of ether oxygens (including phenoxy) is 1. The van der Waals surface area contributed by atoms with Gasteiger partial charge in [0.05, 0.1) is 37.6 Å². The first-order chi connectivity index (χ1) is 13.7.